The molecule has 2 rings (SSSR count). The summed E-state index contributed by atoms with van der Waals surface area (Å²) in [5.74, 6) is 2.07. The molecule has 1 aliphatic heterocycles. The van der Waals surface area contributed by atoms with Gasteiger partial charge in [-0.05, 0) is 12.3 Å². The highest BCUT2D eigenvalue weighted by Gasteiger charge is 2.23. The van der Waals surface area contributed by atoms with E-state index in [-0.39, 0.29) is 6.61 Å². The highest BCUT2D eigenvalue weighted by atomic mass is 16.5. The van der Waals surface area contributed by atoms with Crippen molar-refractivity contribution >= 4 is 0 Å². The Balaban J connectivity index is 1.79. The van der Waals surface area contributed by atoms with Crippen LogP contribution in [0.3, 0.4) is 0 Å². The topological polar surface area (TPSA) is 65.6 Å². The zero-order valence-electron chi connectivity index (χ0n) is 13.5. The maximum Gasteiger partial charge on any atom is 0.240 e. The second-order valence-electron chi connectivity index (χ2n) is 6.26. The Bertz CT molecular complexity index is 410. The number of rotatable bonds is 7. The van der Waals surface area contributed by atoms with Crippen molar-refractivity contribution in [1.82, 2.24) is 19.9 Å². The van der Waals surface area contributed by atoms with Crippen molar-refractivity contribution in [1.29, 1.82) is 0 Å². The van der Waals surface area contributed by atoms with Crippen LogP contribution >= 0.6 is 0 Å². The first-order valence-corrected chi connectivity index (χ1v) is 8.01. The van der Waals surface area contributed by atoms with Gasteiger partial charge in [-0.15, -0.1) is 0 Å². The molecular weight excluding hydrogens is 268 g/mol. The van der Waals surface area contributed by atoms with Crippen LogP contribution in [-0.2, 0) is 13.0 Å². The molecule has 0 aromatic carbocycles. The van der Waals surface area contributed by atoms with Crippen LogP contribution < -0.4 is 0 Å². The van der Waals surface area contributed by atoms with Gasteiger partial charge in [0.25, 0.3) is 0 Å². The van der Waals surface area contributed by atoms with Crippen LogP contribution in [0.15, 0.2) is 4.52 Å². The summed E-state index contributed by atoms with van der Waals surface area (Å²) < 4.78 is 5.33. The van der Waals surface area contributed by atoms with E-state index in [9.17, 15) is 5.11 Å². The fourth-order valence-electron chi connectivity index (χ4n) is 2.78. The summed E-state index contributed by atoms with van der Waals surface area (Å²) >= 11 is 0. The number of piperazine rings is 1. The van der Waals surface area contributed by atoms with Gasteiger partial charge in [0.15, 0.2) is 5.82 Å². The molecule has 1 saturated heterocycles. The quantitative estimate of drug-likeness (QED) is 0.814. The van der Waals surface area contributed by atoms with Crippen LogP contribution in [-0.4, -0.2) is 63.9 Å². The standard InChI is InChI=1S/C15H28N4O2/c1-4-13(11-20)19-7-5-18(6-8-19)10-15-16-14(17-21-15)9-12(2)3/h12-13,20H,4-11H2,1-3H3. The van der Waals surface area contributed by atoms with Crippen molar-refractivity contribution in [2.24, 2.45) is 5.92 Å². The number of hydrogen-bond donors (Lipinski definition) is 1. The number of nitrogens with zero attached hydrogens (tertiary/aromatic N) is 4. The molecule has 1 unspecified atom stereocenters. The number of aliphatic hydroxyl groups excluding tert-OH is 1. The Morgan fingerprint density at radius 1 is 1.24 bits per heavy atom. The third kappa shape index (κ3) is 4.76. The summed E-state index contributed by atoms with van der Waals surface area (Å²) in [7, 11) is 0. The van der Waals surface area contributed by atoms with Gasteiger partial charge < -0.3 is 9.63 Å². The van der Waals surface area contributed by atoms with Crippen LogP contribution in [0.2, 0.25) is 0 Å². The molecule has 1 aromatic rings. The minimum atomic E-state index is 0.249. The molecule has 6 nitrogen and oxygen atoms in total. The maximum absolute atomic E-state index is 9.37. The summed E-state index contributed by atoms with van der Waals surface area (Å²) in [5.41, 5.74) is 0. The third-order valence-corrected chi connectivity index (χ3v) is 4.07. The monoisotopic (exact) mass is 296 g/mol. The lowest BCUT2D eigenvalue weighted by molar-refractivity contribution is 0.0568. The van der Waals surface area contributed by atoms with Gasteiger partial charge in [0, 0.05) is 38.6 Å². The fourth-order valence-corrected chi connectivity index (χ4v) is 2.78. The fraction of sp³-hybridized carbons (Fsp3) is 0.867. The van der Waals surface area contributed by atoms with E-state index in [2.05, 4.69) is 40.7 Å². The molecular formula is C15H28N4O2. The van der Waals surface area contributed by atoms with E-state index in [1.54, 1.807) is 0 Å². The van der Waals surface area contributed by atoms with Gasteiger partial charge in [0.2, 0.25) is 5.89 Å². The highest BCUT2D eigenvalue weighted by Crippen LogP contribution is 2.12. The van der Waals surface area contributed by atoms with Crippen molar-refractivity contribution < 1.29 is 9.63 Å². The molecule has 2 heterocycles. The molecule has 1 atom stereocenters. The smallest absolute Gasteiger partial charge is 0.240 e. The minimum Gasteiger partial charge on any atom is -0.395 e. The zero-order valence-corrected chi connectivity index (χ0v) is 13.5. The normalized spacial score (nSPS) is 19.3. The van der Waals surface area contributed by atoms with Crippen molar-refractivity contribution in [3.8, 4) is 0 Å². The van der Waals surface area contributed by atoms with Crippen molar-refractivity contribution in [3.63, 3.8) is 0 Å². The summed E-state index contributed by atoms with van der Waals surface area (Å²) in [5, 5.41) is 13.4. The first-order chi connectivity index (χ1) is 10.1. The lowest BCUT2D eigenvalue weighted by atomic mass is 10.1. The van der Waals surface area contributed by atoms with Gasteiger partial charge >= 0.3 is 0 Å². The first-order valence-electron chi connectivity index (χ1n) is 8.01. The van der Waals surface area contributed by atoms with Crippen molar-refractivity contribution in [2.45, 2.75) is 46.2 Å². The molecule has 0 radical (unpaired) electrons. The van der Waals surface area contributed by atoms with E-state index in [0.717, 1.165) is 51.4 Å². The summed E-state index contributed by atoms with van der Waals surface area (Å²) in [4.78, 5) is 9.17. The molecule has 1 fully saturated rings. The second-order valence-corrected chi connectivity index (χ2v) is 6.26. The maximum atomic E-state index is 9.37. The van der Waals surface area contributed by atoms with Gasteiger partial charge in [-0.1, -0.05) is 25.9 Å². The van der Waals surface area contributed by atoms with E-state index in [0.29, 0.717) is 17.9 Å². The lowest BCUT2D eigenvalue weighted by Gasteiger charge is -2.37. The number of aromatic nitrogens is 2. The molecule has 1 N–H and O–H groups in total. The average Bonchev–Trinajstić information content (AvgIpc) is 2.88. The third-order valence-electron chi connectivity index (χ3n) is 4.07. The van der Waals surface area contributed by atoms with Gasteiger partial charge in [0.1, 0.15) is 0 Å². The van der Waals surface area contributed by atoms with Crippen molar-refractivity contribution in [3.05, 3.63) is 11.7 Å². The molecule has 1 aromatic heterocycles. The summed E-state index contributed by atoms with van der Waals surface area (Å²) in [6.07, 6.45) is 1.87. The molecule has 0 aliphatic carbocycles. The second kappa shape index (κ2) is 7.87. The molecule has 0 saturated carbocycles. The molecule has 120 valence electrons. The zero-order chi connectivity index (χ0) is 15.2. The van der Waals surface area contributed by atoms with Crippen LogP contribution in [0.25, 0.3) is 0 Å². The van der Waals surface area contributed by atoms with Crippen LogP contribution in [0.5, 0.6) is 0 Å². The molecule has 0 amide bonds. The summed E-state index contributed by atoms with van der Waals surface area (Å²) in [6.45, 7) is 11.4. The van der Waals surface area contributed by atoms with E-state index in [1.807, 2.05) is 0 Å². The molecule has 6 heteroatoms. The van der Waals surface area contributed by atoms with Gasteiger partial charge in [-0.3, -0.25) is 9.80 Å². The van der Waals surface area contributed by atoms with Gasteiger partial charge in [-0.2, -0.15) is 4.98 Å². The molecule has 1 aliphatic rings. The molecule has 0 spiro atoms. The largest absolute Gasteiger partial charge is 0.395 e. The minimum absolute atomic E-state index is 0.249. The predicted octanol–water partition coefficient (Wildman–Crippen LogP) is 1.16. The van der Waals surface area contributed by atoms with E-state index in [4.69, 9.17) is 4.52 Å². The van der Waals surface area contributed by atoms with Crippen molar-refractivity contribution in [2.75, 3.05) is 32.8 Å². The van der Waals surface area contributed by atoms with E-state index < -0.39 is 0 Å². The van der Waals surface area contributed by atoms with Gasteiger partial charge in [-0.25, -0.2) is 0 Å². The number of aliphatic hydroxyl groups is 1. The summed E-state index contributed by atoms with van der Waals surface area (Å²) in [6, 6.07) is 0.299. The molecule has 21 heavy (non-hydrogen) atoms. The van der Waals surface area contributed by atoms with Gasteiger partial charge in [0.05, 0.1) is 13.2 Å². The Labute approximate surface area is 127 Å². The first kappa shape index (κ1) is 16.4. The predicted molar refractivity (Wildman–Crippen MR) is 80.9 cm³/mol. The highest BCUT2D eigenvalue weighted by molar-refractivity contribution is 4.88. The van der Waals surface area contributed by atoms with E-state index >= 15 is 0 Å². The Hall–Kier alpha value is -0.980. The lowest BCUT2D eigenvalue weighted by Crippen LogP contribution is -2.50. The average molecular weight is 296 g/mol. The molecule has 0 bridgehead atoms. The van der Waals surface area contributed by atoms with Crippen LogP contribution in [0, 0.1) is 5.92 Å². The SMILES string of the molecule is CCC(CO)N1CCN(Cc2nc(CC(C)C)no2)CC1. The Kier molecular flexibility index (Phi) is 6.14. The Morgan fingerprint density at radius 2 is 1.95 bits per heavy atom. The van der Waals surface area contributed by atoms with E-state index in [1.165, 1.54) is 0 Å². The van der Waals surface area contributed by atoms with Crippen LogP contribution in [0.1, 0.15) is 38.9 Å². The Morgan fingerprint density at radius 3 is 2.52 bits per heavy atom. The van der Waals surface area contributed by atoms with Crippen LogP contribution in [0.4, 0.5) is 0 Å². The number of hydrogen-bond acceptors (Lipinski definition) is 6.